The van der Waals surface area contributed by atoms with E-state index in [4.69, 9.17) is 16.3 Å². The summed E-state index contributed by atoms with van der Waals surface area (Å²) in [4.78, 5) is 5.13. The van der Waals surface area contributed by atoms with Crippen molar-refractivity contribution >= 4 is 43.8 Å². The third kappa shape index (κ3) is 2.35. The van der Waals surface area contributed by atoms with Crippen molar-refractivity contribution in [3.63, 3.8) is 0 Å². The van der Waals surface area contributed by atoms with Crippen molar-refractivity contribution in [2.24, 2.45) is 0 Å². The molecular weight excluding hydrogens is 355 g/mol. The number of alkyl halides is 1. The van der Waals surface area contributed by atoms with Crippen LogP contribution in [-0.4, -0.2) is 9.38 Å². The van der Waals surface area contributed by atoms with Crippen LogP contribution in [0.25, 0.3) is 4.96 Å². The molecule has 2 aromatic heterocycles. The molecule has 0 aliphatic carbocycles. The van der Waals surface area contributed by atoms with Gasteiger partial charge in [0.05, 0.1) is 10.4 Å². The molecule has 19 heavy (non-hydrogen) atoms. The molecule has 2 heterocycles. The third-order valence-electron chi connectivity index (χ3n) is 2.55. The Kier molecular flexibility index (Phi) is 3.47. The third-order valence-corrected chi connectivity index (χ3v) is 4.22. The summed E-state index contributed by atoms with van der Waals surface area (Å²) in [5.41, 5.74) is 0.745. The molecule has 3 rings (SSSR count). The number of ether oxygens (including phenoxy) is 1. The zero-order valence-corrected chi connectivity index (χ0v) is 12.6. The lowest BCUT2D eigenvalue weighted by Crippen LogP contribution is -1.92. The minimum atomic E-state index is -0.369. The first kappa shape index (κ1) is 12.9. The van der Waals surface area contributed by atoms with Crippen molar-refractivity contribution < 1.29 is 9.13 Å². The highest BCUT2D eigenvalue weighted by Gasteiger charge is 2.15. The van der Waals surface area contributed by atoms with Crippen LogP contribution in [0, 0.1) is 5.82 Å². The van der Waals surface area contributed by atoms with Crippen LogP contribution in [0.15, 0.2) is 34.2 Å². The summed E-state index contributed by atoms with van der Waals surface area (Å²) < 4.78 is 21.4. The Hall–Kier alpha value is -1.11. The van der Waals surface area contributed by atoms with E-state index in [-0.39, 0.29) is 11.7 Å². The van der Waals surface area contributed by atoms with Crippen LogP contribution < -0.4 is 4.74 Å². The van der Waals surface area contributed by atoms with E-state index >= 15 is 0 Å². The van der Waals surface area contributed by atoms with Gasteiger partial charge in [0.15, 0.2) is 4.96 Å². The van der Waals surface area contributed by atoms with Gasteiger partial charge in [-0.15, -0.1) is 22.9 Å². The highest BCUT2D eigenvalue weighted by atomic mass is 79.9. The van der Waals surface area contributed by atoms with E-state index in [0.717, 1.165) is 10.7 Å². The number of benzene rings is 1. The number of imidazole rings is 1. The van der Waals surface area contributed by atoms with Crippen LogP contribution in [0.2, 0.25) is 0 Å². The second-order valence-corrected chi connectivity index (χ2v) is 5.72. The molecule has 0 saturated carbocycles. The van der Waals surface area contributed by atoms with E-state index in [1.54, 1.807) is 6.07 Å². The average Bonchev–Trinajstić information content (AvgIpc) is 2.94. The zero-order chi connectivity index (χ0) is 13.4. The van der Waals surface area contributed by atoms with Crippen LogP contribution in [-0.2, 0) is 5.88 Å². The SMILES string of the molecule is Fc1ccc(Br)c(Oc2nc3sccn3c2CCl)c1. The van der Waals surface area contributed by atoms with Crippen molar-refractivity contribution in [3.8, 4) is 11.6 Å². The maximum Gasteiger partial charge on any atom is 0.243 e. The summed E-state index contributed by atoms with van der Waals surface area (Å²) in [5, 5.41) is 1.92. The summed E-state index contributed by atoms with van der Waals surface area (Å²) in [6.45, 7) is 0. The van der Waals surface area contributed by atoms with Crippen LogP contribution in [0.4, 0.5) is 4.39 Å². The molecule has 0 saturated heterocycles. The molecule has 0 bridgehead atoms. The minimum Gasteiger partial charge on any atom is -0.436 e. The Labute approximate surface area is 125 Å². The molecule has 0 aliphatic rings. The first-order chi connectivity index (χ1) is 9.19. The largest absolute Gasteiger partial charge is 0.436 e. The topological polar surface area (TPSA) is 26.5 Å². The molecular formula is C12H7BrClFN2OS. The molecule has 3 aromatic rings. The number of aromatic nitrogens is 2. The van der Waals surface area contributed by atoms with Gasteiger partial charge < -0.3 is 4.74 Å². The molecule has 0 unspecified atom stereocenters. The zero-order valence-electron chi connectivity index (χ0n) is 9.44. The Balaban J connectivity index is 2.05. The number of nitrogens with zero attached hydrogens (tertiary/aromatic N) is 2. The normalized spacial score (nSPS) is 11.1. The average molecular weight is 362 g/mol. The van der Waals surface area contributed by atoms with E-state index < -0.39 is 0 Å². The van der Waals surface area contributed by atoms with Gasteiger partial charge in [0.1, 0.15) is 17.3 Å². The summed E-state index contributed by atoms with van der Waals surface area (Å²) in [5.74, 6) is 0.664. The number of fused-ring (bicyclic) bond motifs is 1. The lowest BCUT2D eigenvalue weighted by Gasteiger charge is -2.06. The molecule has 0 spiro atoms. The number of rotatable bonds is 3. The quantitative estimate of drug-likeness (QED) is 0.625. The summed E-state index contributed by atoms with van der Waals surface area (Å²) in [6, 6.07) is 4.24. The first-order valence-electron chi connectivity index (χ1n) is 5.32. The summed E-state index contributed by atoms with van der Waals surface area (Å²) in [7, 11) is 0. The van der Waals surface area contributed by atoms with Crippen LogP contribution in [0.5, 0.6) is 11.6 Å². The fourth-order valence-electron chi connectivity index (χ4n) is 1.68. The van der Waals surface area contributed by atoms with Gasteiger partial charge in [-0.2, -0.15) is 4.98 Å². The number of hydrogen-bond donors (Lipinski definition) is 0. The van der Waals surface area contributed by atoms with E-state index in [0.29, 0.717) is 16.1 Å². The van der Waals surface area contributed by atoms with E-state index in [1.165, 1.54) is 23.5 Å². The molecule has 0 amide bonds. The predicted molar refractivity (Wildman–Crippen MR) is 76.8 cm³/mol. The fourth-order valence-corrected chi connectivity index (χ4v) is 2.97. The molecule has 0 N–H and O–H groups in total. The summed E-state index contributed by atoms with van der Waals surface area (Å²) in [6.07, 6.45) is 1.87. The summed E-state index contributed by atoms with van der Waals surface area (Å²) >= 11 is 10.7. The molecule has 98 valence electrons. The van der Waals surface area contributed by atoms with Gasteiger partial charge >= 0.3 is 0 Å². The van der Waals surface area contributed by atoms with Crippen LogP contribution >= 0.6 is 38.9 Å². The van der Waals surface area contributed by atoms with Gasteiger partial charge in [0, 0.05) is 17.6 Å². The second-order valence-electron chi connectivity index (χ2n) is 3.73. The van der Waals surface area contributed by atoms with Crippen LogP contribution in [0.1, 0.15) is 5.69 Å². The molecule has 0 aliphatic heterocycles. The van der Waals surface area contributed by atoms with Gasteiger partial charge in [-0.3, -0.25) is 4.40 Å². The standard InChI is InChI=1S/C12H7BrClFN2OS/c13-8-2-1-7(15)5-10(8)18-11-9(6-14)17-3-4-19-12(17)16-11/h1-5H,6H2. The Morgan fingerprint density at radius 3 is 3.11 bits per heavy atom. The van der Waals surface area contributed by atoms with Crippen molar-refractivity contribution in [2.75, 3.05) is 0 Å². The molecule has 0 radical (unpaired) electrons. The Morgan fingerprint density at radius 1 is 1.47 bits per heavy atom. The number of hydrogen-bond acceptors (Lipinski definition) is 3. The first-order valence-corrected chi connectivity index (χ1v) is 7.53. The van der Waals surface area contributed by atoms with E-state index in [9.17, 15) is 4.39 Å². The molecule has 3 nitrogen and oxygen atoms in total. The van der Waals surface area contributed by atoms with E-state index in [2.05, 4.69) is 20.9 Å². The monoisotopic (exact) mass is 360 g/mol. The predicted octanol–water partition coefficient (Wildman–Crippen LogP) is 4.83. The maximum atomic E-state index is 13.2. The number of thiazole rings is 1. The van der Waals surface area contributed by atoms with Gasteiger partial charge in [-0.25, -0.2) is 4.39 Å². The molecule has 0 fully saturated rings. The van der Waals surface area contributed by atoms with Crippen molar-refractivity contribution in [3.05, 3.63) is 45.8 Å². The molecule has 1 aromatic carbocycles. The van der Waals surface area contributed by atoms with E-state index in [1.807, 2.05) is 16.0 Å². The van der Waals surface area contributed by atoms with Gasteiger partial charge in [0.25, 0.3) is 0 Å². The maximum absolute atomic E-state index is 13.2. The van der Waals surface area contributed by atoms with Gasteiger partial charge in [-0.1, -0.05) is 0 Å². The Morgan fingerprint density at radius 2 is 2.32 bits per heavy atom. The fraction of sp³-hybridized carbons (Fsp3) is 0.0833. The van der Waals surface area contributed by atoms with Gasteiger partial charge in [0.2, 0.25) is 5.88 Å². The smallest absolute Gasteiger partial charge is 0.243 e. The lowest BCUT2D eigenvalue weighted by atomic mass is 10.3. The molecule has 0 atom stereocenters. The molecule has 7 heteroatoms. The number of halogens is 3. The highest BCUT2D eigenvalue weighted by Crippen LogP contribution is 2.33. The minimum absolute atomic E-state index is 0.264. The van der Waals surface area contributed by atoms with Crippen LogP contribution in [0.3, 0.4) is 0 Å². The van der Waals surface area contributed by atoms with Gasteiger partial charge in [-0.05, 0) is 28.1 Å². The highest BCUT2D eigenvalue weighted by molar-refractivity contribution is 9.10. The second kappa shape index (κ2) is 5.11. The van der Waals surface area contributed by atoms with Crippen molar-refractivity contribution in [2.45, 2.75) is 5.88 Å². The lowest BCUT2D eigenvalue weighted by molar-refractivity contribution is 0.454. The van der Waals surface area contributed by atoms with Crippen molar-refractivity contribution in [1.82, 2.24) is 9.38 Å². The van der Waals surface area contributed by atoms with Crippen molar-refractivity contribution in [1.29, 1.82) is 0 Å². The Bertz CT molecular complexity index is 742.